The molecule has 0 aromatic heterocycles. The molecule has 1 rings (SSSR count). The summed E-state index contributed by atoms with van der Waals surface area (Å²) in [6.45, 7) is 4.77. The van der Waals surface area contributed by atoms with Gasteiger partial charge in [-0.05, 0) is 44.5 Å². The third-order valence-corrected chi connectivity index (χ3v) is 3.90. The Morgan fingerprint density at radius 1 is 1.03 bits per heavy atom. The SMILES string of the molecule is CCOC(=O)C(=C/C(C(=O)OCC)=C(/O)OCC)/C(N)=N/NC(=O)Cc1ccc(Cl)cc1. The Hall–Kier alpha value is -3.53. The number of ether oxygens (including phenoxy) is 3. The number of nitrogens with zero attached hydrogens (tertiary/aromatic N) is 1. The van der Waals surface area contributed by atoms with Crippen LogP contribution in [0, 0.1) is 0 Å². The van der Waals surface area contributed by atoms with E-state index >= 15 is 0 Å². The van der Waals surface area contributed by atoms with Crippen molar-refractivity contribution in [3.05, 3.63) is 58.0 Å². The van der Waals surface area contributed by atoms with Gasteiger partial charge in [-0.25, -0.2) is 15.0 Å². The van der Waals surface area contributed by atoms with Crippen LogP contribution >= 0.6 is 11.6 Å². The van der Waals surface area contributed by atoms with Crippen molar-refractivity contribution in [2.75, 3.05) is 19.8 Å². The van der Waals surface area contributed by atoms with Crippen LogP contribution in [0.5, 0.6) is 0 Å². The number of nitrogens with one attached hydrogen (secondary N) is 1. The van der Waals surface area contributed by atoms with Crippen molar-refractivity contribution in [1.29, 1.82) is 0 Å². The number of esters is 2. The van der Waals surface area contributed by atoms with Gasteiger partial charge in [0.05, 0.1) is 26.2 Å². The summed E-state index contributed by atoms with van der Waals surface area (Å²) in [5.41, 5.74) is 7.89. The van der Waals surface area contributed by atoms with Gasteiger partial charge in [0.15, 0.2) is 5.84 Å². The van der Waals surface area contributed by atoms with Crippen LogP contribution in [0.1, 0.15) is 26.3 Å². The Labute approximate surface area is 190 Å². The maximum atomic E-state index is 12.4. The van der Waals surface area contributed by atoms with Gasteiger partial charge in [0.2, 0.25) is 5.91 Å². The molecule has 4 N–H and O–H groups in total. The van der Waals surface area contributed by atoms with Gasteiger partial charge in [-0.1, -0.05) is 23.7 Å². The first kappa shape index (κ1) is 26.5. The quantitative estimate of drug-likeness (QED) is 0.0851. The van der Waals surface area contributed by atoms with E-state index in [9.17, 15) is 19.5 Å². The molecule has 0 saturated carbocycles. The lowest BCUT2D eigenvalue weighted by Crippen LogP contribution is -2.29. The van der Waals surface area contributed by atoms with Gasteiger partial charge in [0.25, 0.3) is 5.95 Å². The van der Waals surface area contributed by atoms with Crippen LogP contribution in [0.4, 0.5) is 0 Å². The number of hydrazone groups is 1. The Bertz CT molecular complexity index is 908. The molecule has 0 spiro atoms. The van der Waals surface area contributed by atoms with E-state index in [4.69, 9.17) is 31.5 Å². The highest BCUT2D eigenvalue weighted by molar-refractivity contribution is 6.30. The number of carbonyl (C=O) groups excluding carboxylic acids is 3. The van der Waals surface area contributed by atoms with Crippen molar-refractivity contribution in [1.82, 2.24) is 5.43 Å². The number of aliphatic hydroxyl groups is 1. The zero-order chi connectivity index (χ0) is 24.1. The Morgan fingerprint density at radius 3 is 2.16 bits per heavy atom. The third-order valence-electron chi connectivity index (χ3n) is 3.65. The number of rotatable bonds is 11. The lowest BCUT2D eigenvalue weighted by Gasteiger charge is -2.10. The monoisotopic (exact) mass is 467 g/mol. The first-order valence-corrected chi connectivity index (χ1v) is 10.1. The first-order valence-electron chi connectivity index (χ1n) is 9.72. The fourth-order valence-corrected chi connectivity index (χ4v) is 2.36. The lowest BCUT2D eigenvalue weighted by molar-refractivity contribution is -0.138. The van der Waals surface area contributed by atoms with E-state index < -0.39 is 40.8 Å². The minimum Gasteiger partial charge on any atom is -0.480 e. The zero-order valence-electron chi connectivity index (χ0n) is 18.0. The molecule has 1 amide bonds. The fraction of sp³-hybridized carbons (Fsp3) is 0.333. The van der Waals surface area contributed by atoms with Crippen molar-refractivity contribution in [2.24, 2.45) is 10.8 Å². The molecule has 0 atom stereocenters. The highest BCUT2D eigenvalue weighted by Gasteiger charge is 2.23. The number of amides is 1. The minimum atomic E-state index is -0.958. The van der Waals surface area contributed by atoms with E-state index in [2.05, 4.69) is 10.5 Å². The Balaban J connectivity index is 3.20. The van der Waals surface area contributed by atoms with E-state index in [0.717, 1.165) is 6.08 Å². The summed E-state index contributed by atoms with van der Waals surface area (Å²) in [7, 11) is 0. The molecule has 0 fully saturated rings. The Kier molecular flexibility index (Phi) is 11.4. The van der Waals surface area contributed by atoms with Crippen molar-refractivity contribution in [3.63, 3.8) is 0 Å². The summed E-state index contributed by atoms with van der Waals surface area (Å²) in [6, 6.07) is 6.62. The molecule has 0 aliphatic carbocycles. The van der Waals surface area contributed by atoms with Crippen LogP contribution in [0.2, 0.25) is 5.02 Å². The molecule has 0 aliphatic rings. The molecule has 32 heavy (non-hydrogen) atoms. The van der Waals surface area contributed by atoms with E-state index in [0.29, 0.717) is 10.6 Å². The van der Waals surface area contributed by atoms with Crippen LogP contribution in [0.15, 0.2) is 52.5 Å². The molecule has 1 aromatic rings. The lowest BCUT2D eigenvalue weighted by atomic mass is 10.1. The molecular weight excluding hydrogens is 442 g/mol. The molecule has 1 aromatic carbocycles. The maximum Gasteiger partial charge on any atom is 0.345 e. The highest BCUT2D eigenvalue weighted by atomic mass is 35.5. The molecule has 0 bridgehead atoms. The summed E-state index contributed by atoms with van der Waals surface area (Å²) in [4.78, 5) is 36.7. The van der Waals surface area contributed by atoms with Gasteiger partial charge in [-0.2, -0.15) is 5.10 Å². The second kappa shape index (κ2) is 13.7. The predicted octanol–water partition coefficient (Wildman–Crippen LogP) is 2.13. The van der Waals surface area contributed by atoms with Gasteiger partial charge in [0, 0.05) is 5.02 Å². The standard InChI is InChI=1S/C21H26ClN3O7/c1-4-30-19(27)15(12-16(20(28)31-5-2)21(29)32-6-3)18(23)25-24-17(26)11-13-7-9-14(22)10-8-13/h7-10,12,28H,4-6,11H2,1-3H3,(H2,23,25)(H,24,26)/b15-12+,20-16+. The molecule has 0 radical (unpaired) electrons. The van der Waals surface area contributed by atoms with Crippen LogP contribution in [0.25, 0.3) is 0 Å². The van der Waals surface area contributed by atoms with E-state index in [1.54, 1.807) is 45.0 Å². The highest BCUT2D eigenvalue weighted by Crippen LogP contribution is 2.13. The second-order valence-corrected chi connectivity index (χ2v) is 6.42. The van der Waals surface area contributed by atoms with Gasteiger partial charge in [-0.15, -0.1) is 0 Å². The van der Waals surface area contributed by atoms with Gasteiger partial charge >= 0.3 is 11.9 Å². The number of benzene rings is 1. The number of nitrogens with two attached hydrogens (primary N) is 1. The topological polar surface area (TPSA) is 150 Å². The van der Waals surface area contributed by atoms with Gasteiger partial charge < -0.3 is 25.1 Å². The second-order valence-electron chi connectivity index (χ2n) is 5.99. The van der Waals surface area contributed by atoms with Crippen molar-refractivity contribution >= 4 is 35.3 Å². The van der Waals surface area contributed by atoms with Crippen LogP contribution < -0.4 is 11.2 Å². The zero-order valence-corrected chi connectivity index (χ0v) is 18.8. The molecule has 0 unspecified atom stereocenters. The van der Waals surface area contributed by atoms with Crippen molar-refractivity contribution in [2.45, 2.75) is 27.2 Å². The number of hydrogen-bond acceptors (Lipinski definition) is 8. The molecule has 0 aliphatic heterocycles. The normalized spacial score (nSPS) is 12.5. The van der Waals surface area contributed by atoms with Crippen molar-refractivity contribution in [3.8, 4) is 0 Å². The number of halogens is 1. The summed E-state index contributed by atoms with van der Waals surface area (Å²) < 4.78 is 14.7. The number of amidine groups is 1. The maximum absolute atomic E-state index is 12.4. The van der Waals surface area contributed by atoms with E-state index in [-0.39, 0.29) is 26.2 Å². The average Bonchev–Trinajstić information content (AvgIpc) is 2.74. The first-order chi connectivity index (χ1) is 15.2. The van der Waals surface area contributed by atoms with E-state index in [1.807, 2.05) is 0 Å². The third kappa shape index (κ3) is 8.68. The summed E-state index contributed by atoms with van der Waals surface area (Å²) in [5, 5.41) is 14.3. The fourth-order valence-electron chi connectivity index (χ4n) is 2.23. The number of hydrogen-bond donors (Lipinski definition) is 3. The molecule has 11 heteroatoms. The summed E-state index contributed by atoms with van der Waals surface area (Å²) in [5.74, 6) is -3.64. The van der Waals surface area contributed by atoms with Gasteiger partial charge in [0.1, 0.15) is 11.1 Å². The van der Waals surface area contributed by atoms with Crippen molar-refractivity contribution < 1.29 is 33.7 Å². The smallest absolute Gasteiger partial charge is 0.345 e. The molecular formula is C21H26ClN3O7. The van der Waals surface area contributed by atoms with E-state index in [1.165, 1.54) is 0 Å². The number of aliphatic hydroxyl groups excluding tert-OH is 1. The summed E-state index contributed by atoms with van der Waals surface area (Å²) in [6.07, 6.45) is 0.899. The van der Waals surface area contributed by atoms with Crippen LogP contribution in [-0.2, 0) is 35.0 Å². The molecule has 174 valence electrons. The number of carbonyl (C=O) groups is 3. The van der Waals surface area contributed by atoms with Crippen LogP contribution in [-0.4, -0.2) is 48.6 Å². The predicted molar refractivity (Wildman–Crippen MR) is 118 cm³/mol. The van der Waals surface area contributed by atoms with Crippen LogP contribution in [0.3, 0.4) is 0 Å². The molecule has 0 heterocycles. The average molecular weight is 468 g/mol. The minimum absolute atomic E-state index is 0.00226. The largest absolute Gasteiger partial charge is 0.480 e. The molecule has 10 nitrogen and oxygen atoms in total. The Morgan fingerprint density at radius 2 is 1.59 bits per heavy atom. The summed E-state index contributed by atoms with van der Waals surface area (Å²) >= 11 is 5.81. The molecule has 0 saturated heterocycles. The van der Waals surface area contributed by atoms with Gasteiger partial charge in [-0.3, -0.25) is 4.79 Å².